The van der Waals surface area contributed by atoms with Gasteiger partial charge < -0.3 is 5.11 Å². The maximum absolute atomic E-state index is 12.0. The van der Waals surface area contributed by atoms with Gasteiger partial charge >= 0.3 is 5.97 Å². The molecule has 0 spiro atoms. The Morgan fingerprint density at radius 2 is 2.36 bits per heavy atom. The second-order valence-electron chi connectivity index (χ2n) is 4.87. The molecule has 0 radical (unpaired) electrons. The van der Waals surface area contributed by atoms with Gasteiger partial charge in [-0.2, -0.15) is 0 Å². The Balaban J connectivity index is 1.93. The summed E-state index contributed by atoms with van der Waals surface area (Å²) >= 11 is 2.98. The summed E-state index contributed by atoms with van der Waals surface area (Å²) < 4.78 is 0. The number of carbonyl (C=O) groups excluding carboxylic acids is 1. The molecule has 116 valence electrons. The molecule has 1 aromatic heterocycles. The van der Waals surface area contributed by atoms with Crippen LogP contribution in [0.2, 0.25) is 0 Å². The summed E-state index contributed by atoms with van der Waals surface area (Å²) in [4.78, 5) is 30.0. The zero-order chi connectivity index (χ0) is 15.9. The van der Waals surface area contributed by atoms with E-state index in [2.05, 4.69) is 10.4 Å². The number of fused-ring (bicyclic) bond motifs is 1. The van der Waals surface area contributed by atoms with Gasteiger partial charge in [-0.05, 0) is 18.6 Å². The van der Waals surface area contributed by atoms with Crippen LogP contribution in [0.5, 0.6) is 0 Å². The summed E-state index contributed by atoms with van der Waals surface area (Å²) in [6, 6.07) is -0.520. The zero-order valence-electron chi connectivity index (χ0n) is 11.6. The molecular formula is C13H14N4O3S2. The highest BCUT2D eigenvalue weighted by Gasteiger charge is 2.52. The number of carboxylic acid groups (broad SMARTS) is 1. The van der Waals surface area contributed by atoms with Crippen molar-refractivity contribution in [2.45, 2.75) is 18.3 Å². The SMILES string of the molecule is Cc1ncsc1/C=C\C1=C(C(=O)O)N2C(=O)[C@@H](NN)[C@H]2SC1. The van der Waals surface area contributed by atoms with Crippen molar-refractivity contribution in [1.29, 1.82) is 0 Å². The first kappa shape index (κ1) is 15.2. The monoisotopic (exact) mass is 338 g/mol. The van der Waals surface area contributed by atoms with Crippen LogP contribution in [0.15, 0.2) is 22.9 Å². The quantitative estimate of drug-likeness (QED) is 0.418. The number of hydrogen-bond acceptors (Lipinski definition) is 7. The minimum Gasteiger partial charge on any atom is -0.477 e. The number of rotatable bonds is 4. The van der Waals surface area contributed by atoms with Gasteiger partial charge in [0.25, 0.3) is 0 Å². The number of nitrogens with one attached hydrogen (secondary N) is 1. The molecule has 1 amide bonds. The summed E-state index contributed by atoms with van der Waals surface area (Å²) in [7, 11) is 0. The van der Waals surface area contributed by atoms with Crippen molar-refractivity contribution < 1.29 is 14.7 Å². The first-order valence-corrected chi connectivity index (χ1v) is 8.43. The van der Waals surface area contributed by atoms with Gasteiger partial charge in [0.1, 0.15) is 17.1 Å². The molecule has 2 aliphatic rings. The molecule has 9 heteroatoms. The molecule has 3 heterocycles. The molecule has 1 saturated heterocycles. The third kappa shape index (κ3) is 2.35. The number of aliphatic carboxylic acids is 1. The molecule has 3 rings (SSSR count). The number of nitrogens with zero attached hydrogens (tertiary/aromatic N) is 2. The lowest BCUT2D eigenvalue weighted by molar-refractivity contribution is -0.149. The number of aryl methyl sites for hydroxylation is 1. The van der Waals surface area contributed by atoms with Crippen molar-refractivity contribution in [2.75, 3.05) is 5.75 Å². The number of nitrogens with two attached hydrogens (primary N) is 1. The lowest BCUT2D eigenvalue weighted by Gasteiger charge is -2.48. The number of carboxylic acids is 1. The molecule has 2 aliphatic heterocycles. The molecule has 22 heavy (non-hydrogen) atoms. The average Bonchev–Trinajstić information content (AvgIpc) is 2.90. The van der Waals surface area contributed by atoms with Gasteiger partial charge in [-0.25, -0.2) is 15.2 Å². The highest BCUT2D eigenvalue weighted by molar-refractivity contribution is 8.00. The smallest absolute Gasteiger partial charge is 0.352 e. The van der Waals surface area contributed by atoms with E-state index in [1.54, 1.807) is 11.6 Å². The van der Waals surface area contributed by atoms with Crippen LogP contribution >= 0.6 is 23.1 Å². The van der Waals surface area contributed by atoms with E-state index in [0.29, 0.717) is 11.3 Å². The standard InChI is InChI=1S/C13H14N4O3S2/c1-6-8(22-5-15-6)3-2-7-4-21-12-9(16-14)11(18)17(12)10(7)13(19)20/h2-3,5,9,12,16H,4,14H2,1H3,(H,19,20)/b3-2-/t9-,12-/m1/s1. The number of allylic oxidation sites excluding steroid dienone is 1. The Labute approximate surface area is 134 Å². The third-order valence-corrected chi connectivity index (χ3v) is 5.80. The largest absolute Gasteiger partial charge is 0.477 e. The summed E-state index contributed by atoms with van der Waals surface area (Å²) in [5, 5.41) is 9.20. The van der Waals surface area contributed by atoms with Crippen molar-refractivity contribution in [3.63, 3.8) is 0 Å². The summed E-state index contributed by atoms with van der Waals surface area (Å²) in [6.07, 6.45) is 3.60. The number of hydrazine groups is 1. The minimum absolute atomic E-state index is 0.0404. The van der Waals surface area contributed by atoms with E-state index < -0.39 is 12.0 Å². The van der Waals surface area contributed by atoms with Gasteiger partial charge in [0.05, 0.1) is 11.2 Å². The van der Waals surface area contributed by atoms with Gasteiger partial charge in [0.2, 0.25) is 5.91 Å². The molecule has 7 nitrogen and oxygen atoms in total. The average molecular weight is 338 g/mol. The van der Waals surface area contributed by atoms with Crippen LogP contribution in [0.4, 0.5) is 0 Å². The molecule has 0 saturated carbocycles. The second-order valence-corrected chi connectivity index (χ2v) is 6.86. The molecule has 2 atom stereocenters. The molecule has 0 bridgehead atoms. The summed E-state index contributed by atoms with van der Waals surface area (Å²) in [5.41, 5.74) is 5.73. The van der Waals surface area contributed by atoms with Crippen molar-refractivity contribution >= 4 is 41.1 Å². The number of aromatic nitrogens is 1. The van der Waals surface area contributed by atoms with E-state index in [4.69, 9.17) is 5.84 Å². The highest BCUT2D eigenvalue weighted by atomic mass is 32.2. The van der Waals surface area contributed by atoms with Crippen LogP contribution in [0.25, 0.3) is 6.08 Å². The molecular weight excluding hydrogens is 324 g/mol. The van der Waals surface area contributed by atoms with Crippen molar-refractivity contribution in [1.82, 2.24) is 15.3 Å². The zero-order valence-corrected chi connectivity index (χ0v) is 13.3. The highest BCUT2D eigenvalue weighted by Crippen LogP contribution is 2.40. The number of hydrogen-bond donors (Lipinski definition) is 3. The number of β-lactam (4-membered cyclic amide) rings is 1. The minimum atomic E-state index is -1.10. The lowest BCUT2D eigenvalue weighted by atomic mass is 10.0. The Kier molecular flexibility index (Phi) is 4.04. The lowest BCUT2D eigenvalue weighted by Crippen LogP contribution is -2.71. The van der Waals surface area contributed by atoms with E-state index in [1.165, 1.54) is 28.0 Å². The van der Waals surface area contributed by atoms with Gasteiger partial charge in [0, 0.05) is 10.6 Å². The number of carbonyl (C=O) groups is 2. The second kappa shape index (κ2) is 5.84. The van der Waals surface area contributed by atoms with Crippen LogP contribution in [-0.4, -0.2) is 44.0 Å². The molecule has 0 aromatic carbocycles. The fourth-order valence-corrected chi connectivity index (χ4v) is 4.46. The van der Waals surface area contributed by atoms with Crippen LogP contribution in [0.1, 0.15) is 10.6 Å². The molecule has 4 N–H and O–H groups in total. The van der Waals surface area contributed by atoms with Crippen LogP contribution in [0.3, 0.4) is 0 Å². The Morgan fingerprint density at radius 1 is 1.59 bits per heavy atom. The molecule has 0 unspecified atom stereocenters. The Hall–Kier alpha value is -1.68. The number of thiazole rings is 1. The Morgan fingerprint density at radius 3 is 2.95 bits per heavy atom. The van der Waals surface area contributed by atoms with E-state index >= 15 is 0 Å². The number of thioether (sulfide) groups is 1. The van der Waals surface area contributed by atoms with Crippen molar-refractivity contribution in [2.24, 2.45) is 5.84 Å². The molecule has 0 aliphatic carbocycles. The summed E-state index contributed by atoms with van der Waals surface area (Å²) in [6.45, 7) is 1.89. The van der Waals surface area contributed by atoms with Gasteiger partial charge in [0.15, 0.2) is 0 Å². The van der Waals surface area contributed by atoms with Gasteiger partial charge in [-0.15, -0.1) is 23.1 Å². The van der Waals surface area contributed by atoms with Crippen LogP contribution in [-0.2, 0) is 9.59 Å². The van der Waals surface area contributed by atoms with Gasteiger partial charge in [-0.3, -0.25) is 15.5 Å². The normalized spacial score (nSPS) is 24.6. The predicted molar refractivity (Wildman–Crippen MR) is 84.7 cm³/mol. The van der Waals surface area contributed by atoms with Crippen molar-refractivity contribution in [3.8, 4) is 0 Å². The van der Waals surface area contributed by atoms with E-state index in [0.717, 1.165) is 10.6 Å². The first-order chi connectivity index (χ1) is 10.5. The first-order valence-electron chi connectivity index (χ1n) is 6.50. The maximum Gasteiger partial charge on any atom is 0.352 e. The van der Waals surface area contributed by atoms with Crippen LogP contribution < -0.4 is 11.3 Å². The van der Waals surface area contributed by atoms with Gasteiger partial charge in [-0.1, -0.05) is 6.08 Å². The predicted octanol–water partition coefficient (Wildman–Crippen LogP) is 0.550. The number of amides is 1. The molecule has 1 fully saturated rings. The maximum atomic E-state index is 12.0. The fourth-order valence-electron chi connectivity index (χ4n) is 2.44. The fraction of sp³-hybridized carbons (Fsp3) is 0.308. The van der Waals surface area contributed by atoms with E-state index in [9.17, 15) is 14.7 Å². The van der Waals surface area contributed by atoms with Crippen molar-refractivity contribution in [3.05, 3.63) is 33.4 Å². The third-order valence-electron chi connectivity index (χ3n) is 3.60. The van der Waals surface area contributed by atoms with E-state index in [-0.39, 0.29) is 17.0 Å². The van der Waals surface area contributed by atoms with Crippen LogP contribution in [0, 0.1) is 6.92 Å². The van der Waals surface area contributed by atoms with E-state index in [1.807, 2.05) is 13.0 Å². The molecule has 1 aromatic rings. The summed E-state index contributed by atoms with van der Waals surface area (Å²) in [5.74, 6) is 4.44. The Bertz CT molecular complexity index is 697. The topological polar surface area (TPSA) is 109 Å².